The lowest BCUT2D eigenvalue weighted by Gasteiger charge is -2.28. The second kappa shape index (κ2) is 10.7. The highest BCUT2D eigenvalue weighted by molar-refractivity contribution is 14.0. The third-order valence-electron chi connectivity index (χ3n) is 4.27. The maximum atomic E-state index is 4.72. The maximum Gasteiger partial charge on any atom is 0.191 e. The van der Waals surface area contributed by atoms with Gasteiger partial charge >= 0.3 is 0 Å². The third kappa shape index (κ3) is 6.83. The van der Waals surface area contributed by atoms with Crippen molar-refractivity contribution in [3.8, 4) is 0 Å². The standard InChI is InChI=1S/C18H31N5.HI/c1-5-19-18(22-15-9-6-8-14(2)12-15)20-13-16-10-7-11-17(21-16)23(3)4;/h7,10-11,14-15H,5-6,8-9,12-13H2,1-4H3,(H2,19,20,22);1H. The third-order valence-corrected chi connectivity index (χ3v) is 4.27. The molecule has 1 fully saturated rings. The number of nitrogens with zero attached hydrogens (tertiary/aromatic N) is 3. The number of halogens is 1. The number of aromatic nitrogens is 1. The maximum absolute atomic E-state index is 4.72. The molecule has 1 aliphatic carbocycles. The predicted molar refractivity (Wildman–Crippen MR) is 113 cm³/mol. The van der Waals surface area contributed by atoms with Gasteiger partial charge in [0, 0.05) is 26.7 Å². The van der Waals surface area contributed by atoms with Gasteiger partial charge in [0.05, 0.1) is 12.2 Å². The van der Waals surface area contributed by atoms with Crippen molar-refractivity contribution < 1.29 is 0 Å². The van der Waals surface area contributed by atoms with Gasteiger partial charge in [0.15, 0.2) is 5.96 Å². The van der Waals surface area contributed by atoms with Crippen molar-refractivity contribution in [1.82, 2.24) is 15.6 Å². The Morgan fingerprint density at radius 3 is 2.79 bits per heavy atom. The van der Waals surface area contributed by atoms with E-state index < -0.39 is 0 Å². The van der Waals surface area contributed by atoms with E-state index in [0.29, 0.717) is 12.6 Å². The zero-order chi connectivity index (χ0) is 16.7. The van der Waals surface area contributed by atoms with E-state index in [1.807, 2.05) is 37.2 Å². The van der Waals surface area contributed by atoms with Crippen LogP contribution in [0.2, 0.25) is 0 Å². The minimum Gasteiger partial charge on any atom is -0.363 e. The van der Waals surface area contributed by atoms with Crippen LogP contribution in [0, 0.1) is 5.92 Å². The Labute approximate surface area is 163 Å². The number of guanidine groups is 1. The van der Waals surface area contributed by atoms with Crippen LogP contribution in [-0.4, -0.2) is 37.6 Å². The van der Waals surface area contributed by atoms with Crippen molar-refractivity contribution in [2.45, 2.75) is 52.1 Å². The summed E-state index contributed by atoms with van der Waals surface area (Å²) in [6.07, 6.45) is 5.14. The van der Waals surface area contributed by atoms with Crippen LogP contribution in [0.5, 0.6) is 0 Å². The molecule has 1 aromatic heterocycles. The Balaban J connectivity index is 0.00000288. The van der Waals surface area contributed by atoms with Crippen molar-refractivity contribution in [2.75, 3.05) is 25.5 Å². The van der Waals surface area contributed by atoms with Crippen molar-refractivity contribution in [3.05, 3.63) is 23.9 Å². The molecule has 1 saturated carbocycles. The van der Waals surface area contributed by atoms with Gasteiger partial charge in [-0.25, -0.2) is 9.98 Å². The molecule has 2 atom stereocenters. The van der Waals surface area contributed by atoms with E-state index in [1.54, 1.807) is 0 Å². The summed E-state index contributed by atoms with van der Waals surface area (Å²) < 4.78 is 0. The molecular weight excluding hydrogens is 413 g/mol. The van der Waals surface area contributed by atoms with Gasteiger partial charge in [-0.2, -0.15) is 0 Å². The molecule has 0 spiro atoms. The normalized spacial score (nSPS) is 20.9. The van der Waals surface area contributed by atoms with Crippen LogP contribution in [0.15, 0.2) is 23.2 Å². The van der Waals surface area contributed by atoms with Crippen molar-refractivity contribution in [2.24, 2.45) is 10.9 Å². The van der Waals surface area contributed by atoms with Crippen LogP contribution in [-0.2, 0) is 6.54 Å². The lowest BCUT2D eigenvalue weighted by molar-refractivity contribution is 0.324. The highest BCUT2D eigenvalue weighted by Crippen LogP contribution is 2.23. The lowest BCUT2D eigenvalue weighted by atomic mass is 9.87. The summed E-state index contributed by atoms with van der Waals surface area (Å²) in [5.41, 5.74) is 0.991. The van der Waals surface area contributed by atoms with Crippen molar-refractivity contribution >= 4 is 35.8 Å². The number of aliphatic imine (C=N–C) groups is 1. The zero-order valence-corrected chi connectivity index (χ0v) is 17.7. The number of pyridine rings is 1. The van der Waals surface area contributed by atoms with E-state index in [-0.39, 0.29) is 24.0 Å². The zero-order valence-electron chi connectivity index (χ0n) is 15.4. The van der Waals surface area contributed by atoms with E-state index in [0.717, 1.165) is 29.9 Å². The average Bonchev–Trinajstić information content (AvgIpc) is 2.53. The molecule has 2 unspecified atom stereocenters. The van der Waals surface area contributed by atoms with E-state index in [9.17, 15) is 0 Å². The Hall–Kier alpha value is -1.05. The molecule has 0 saturated heterocycles. The van der Waals surface area contributed by atoms with Gasteiger partial charge in [0.1, 0.15) is 5.82 Å². The molecule has 24 heavy (non-hydrogen) atoms. The van der Waals surface area contributed by atoms with Gasteiger partial charge < -0.3 is 15.5 Å². The molecule has 0 amide bonds. The Bertz CT molecular complexity index is 518. The largest absolute Gasteiger partial charge is 0.363 e. The molecular formula is C18H32IN5. The summed E-state index contributed by atoms with van der Waals surface area (Å²) in [6.45, 7) is 5.92. The molecule has 0 aromatic carbocycles. The van der Waals surface area contributed by atoms with Crippen LogP contribution in [0.25, 0.3) is 0 Å². The smallest absolute Gasteiger partial charge is 0.191 e. The van der Waals surface area contributed by atoms with Gasteiger partial charge in [0.2, 0.25) is 0 Å². The monoisotopic (exact) mass is 445 g/mol. The molecule has 1 aliphatic rings. The molecule has 0 radical (unpaired) electrons. The molecule has 2 rings (SSSR count). The number of hydrogen-bond donors (Lipinski definition) is 2. The number of nitrogens with one attached hydrogen (secondary N) is 2. The minimum absolute atomic E-state index is 0. The highest BCUT2D eigenvalue weighted by Gasteiger charge is 2.19. The van der Waals surface area contributed by atoms with E-state index in [1.165, 1.54) is 25.7 Å². The molecule has 1 aromatic rings. The molecule has 136 valence electrons. The van der Waals surface area contributed by atoms with Crippen molar-refractivity contribution in [1.29, 1.82) is 0 Å². The summed E-state index contributed by atoms with van der Waals surface area (Å²) in [4.78, 5) is 11.4. The molecule has 0 bridgehead atoms. The second-order valence-corrected chi connectivity index (χ2v) is 6.69. The molecule has 5 nitrogen and oxygen atoms in total. The number of hydrogen-bond acceptors (Lipinski definition) is 3. The van der Waals surface area contributed by atoms with Gasteiger partial charge in [-0.3, -0.25) is 0 Å². The van der Waals surface area contributed by atoms with Crippen molar-refractivity contribution in [3.63, 3.8) is 0 Å². The lowest BCUT2D eigenvalue weighted by Crippen LogP contribution is -2.45. The first-order chi connectivity index (χ1) is 11.1. The summed E-state index contributed by atoms with van der Waals surface area (Å²) in [5.74, 6) is 2.68. The van der Waals surface area contributed by atoms with Crippen LogP contribution < -0.4 is 15.5 Å². The Morgan fingerprint density at radius 2 is 2.12 bits per heavy atom. The van der Waals surface area contributed by atoms with Gasteiger partial charge in [-0.1, -0.05) is 25.8 Å². The SMILES string of the molecule is CCNC(=NCc1cccc(N(C)C)n1)NC1CCCC(C)C1.I. The molecule has 2 N–H and O–H groups in total. The Kier molecular flexibility index (Phi) is 9.39. The molecule has 1 heterocycles. The van der Waals surface area contributed by atoms with E-state index >= 15 is 0 Å². The average molecular weight is 445 g/mol. The summed E-state index contributed by atoms with van der Waals surface area (Å²) >= 11 is 0. The molecule has 0 aliphatic heterocycles. The number of rotatable bonds is 5. The van der Waals surface area contributed by atoms with Gasteiger partial charge in [-0.15, -0.1) is 24.0 Å². The summed E-state index contributed by atoms with van der Waals surface area (Å²) in [6, 6.07) is 6.62. The summed E-state index contributed by atoms with van der Waals surface area (Å²) in [7, 11) is 4.01. The van der Waals surface area contributed by atoms with E-state index in [2.05, 4.69) is 29.5 Å². The first-order valence-corrected chi connectivity index (χ1v) is 8.76. The second-order valence-electron chi connectivity index (χ2n) is 6.69. The van der Waals surface area contributed by atoms with Gasteiger partial charge in [-0.05, 0) is 37.8 Å². The fraction of sp³-hybridized carbons (Fsp3) is 0.667. The summed E-state index contributed by atoms with van der Waals surface area (Å²) in [5, 5.41) is 6.95. The fourth-order valence-corrected chi connectivity index (χ4v) is 3.04. The van der Waals surface area contributed by atoms with Crippen LogP contribution >= 0.6 is 24.0 Å². The number of anilines is 1. The predicted octanol–water partition coefficient (Wildman–Crippen LogP) is 3.40. The highest BCUT2D eigenvalue weighted by atomic mass is 127. The minimum atomic E-state index is 0. The Morgan fingerprint density at radius 1 is 1.33 bits per heavy atom. The quantitative estimate of drug-likeness (QED) is 0.415. The van der Waals surface area contributed by atoms with Crippen LogP contribution in [0.4, 0.5) is 5.82 Å². The fourth-order valence-electron chi connectivity index (χ4n) is 3.04. The first-order valence-electron chi connectivity index (χ1n) is 8.76. The molecule has 6 heteroatoms. The topological polar surface area (TPSA) is 52.6 Å². The first kappa shape index (κ1) is 21.0. The van der Waals surface area contributed by atoms with Crippen LogP contribution in [0.3, 0.4) is 0 Å². The van der Waals surface area contributed by atoms with Crippen LogP contribution in [0.1, 0.15) is 45.2 Å². The van der Waals surface area contributed by atoms with E-state index in [4.69, 9.17) is 4.99 Å². The van der Waals surface area contributed by atoms with Gasteiger partial charge in [0.25, 0.3) is 0 Å².